The van der Waals surface area contributed by atoms with Gasteiger partial charge in [-0.1, -0.05) is 58.7 Å². The first-order valence-corrected chi connectivity index (χ1v) is 10.2. The van der Waals surface area contributed by atoms with Crippen molar-refractivity contribution in [2.75, 3.05) is 24.7 Å². The maximum atomic E-state index is 12.4. The number of hydrogen-bond acceptors (Lipinski definition) is 3. The number of anilines is 1. The minimum Gasteiger partial charge on any atom is -0.325 e. The van der Waals surface area contributed by atoms with Crippen LogP contribution in [0.2, 0.25) is 0 Å². The highest BCUT2D eigenvalue weighted by Crippen LogP contribution is 2.29. The summed E-state index contributed by atoms with van der Waals surface area (Å²) < 4.78 is 25.0. The largest absolute Gasteiger partial charge is 0.325 e. The van der Waals surface area contributed by atoms with Gasteiger partial charge in [0, 0.05) is 12.2 Å². The third-order valence-corrected chi connectivity index (χ3v) is 5.06. The van der Waals surface area contributed by atoms with E-state index in [1.165, 1.54) is 4.31 Å². The van der Waals surface area contributed by atoms with Crippen molar-refractivity contribution in [3.05, 3.63) is 29.8 Å². The van der Waals surface area contributed by atoms with E-state index < -0.39 is 10.0 Å². The molecule has 0 saturated carbocycles. The zero-order valence-corrected chi connectivity index (χ0v) is 16.2. The smallest absolute Gasteiger partial charge is 0.239 e. The fraction of sp³-hybridized carbons (Fsp3) is 0.611. The molecule has 0 heterocycles. The Morgan fingerprint density at radius 2 is 1.79 bits per heavy atom. The monoisotopic (exact) mass is 354 g/mol. The fourth-order valence-electron chi connectivity index (χ4n) is 2.50. The van der Waals surface area contributed by atoms with Crippen LogP contribution in [0.15, 0.2) is 24.3 Å². The summed E-state index contributed by atoms with van der Waals surface area (Å²) in [7, 11) is -3.40. The molecule has 0 aliphatic rings. The molecule has 0 saturated heterocycles. The maximum Gasteiger partial charge on any atom is 0.239 e. The summed E-state index contributed by atoms with van der Waals surface area (Å²) in [6, 6.07) is 7.62. The van der Waals surface area contributed by atoms with E-state index in [9.17, 15) is 13.2 Å². The number of unbranched alkanes of at least 4 members (excludes halogenated alkanes) is 2. The van der Waals surface area contributed by atoms with Gasteiger partial charge in [0.2, 0.25) is 15.9 Å². The van der Waals surface area contributed by atoms with Crippen LogP contribution in [0, 0.1) is 0 Å². The molecule has 1 aromatic carbocycles. The first-order valence-electron chi connectivity index (χ1n) is 8.40. The van der Waals surface area contributed by atoms with Gasteiger partial charge in [0.15, 0.2) is 0 Å². The van der Waals surface area contributed by atoms with E-state index in [0.717, 1.165) is 36.8 Å². The molecule has 0 unspecified atom stereocenters. The Balaban J connectivity index is 2.84. The third kappa shape index (κ3) is 6.61. The molecule has 0 spiro atoms. The van der Waals surface area contributed by atoms with Crippen molar-refractivity contribution in [3.8, 4) is 0 Å². The second-order valence-electron chi connectivity index (χ2n) is 7.15. The SMILES string of the molecule is CCCCCN(CC(=O)Nc1ccccc1C(C)(C)C)S(C)(=O)=O. The maximum absolute atomic E-state index is 12.4. The van der Waals surface area contributed by atoms with E-state index in [0.29, 0.717) is 6.54 Å². The van der Waals surface area contributed by atoms with Gasteiger partial charge in [-0.15, -0.1) is 0 Å². The summed E-state index contributed by atoms with van der Waals surface area (Å²) in [5.74, 6) is -0.311. The van der Waals surface area contributed by atoms with Gasteiger partial charge in [-0.05, 0) is 23.5 Å². The third-order valence-electron chi connectivity index (χ3n) is 3.81. The minimum atomic E-state index is -3.40. The lowest BCUT2D eigenvalue weighted by Crippen LogP contribution is -2.38. The lowest BCUT2D eigenvalue weighted by molar-refractivity contribution is -0.116. The average Bonchev–Trinajstić information content (AvgIpc) is 2.44. The van der Waals surface area contributed by atoms with Crippen molar-refractivity contribution in [2.24, 2.45) is 0 Å². The molecule has 0 atom stereocenters. The predicted octanol–water partition coefficient (Wildman–Crippen LogP) is 3.37. The van der Waals surface area contributed by atoms with Crippen LogP contribution in [0.1, 0.15) is 52.5 Å². The number of hydrogen-bond donors (Lipinski definition) is 1. The van der Waals surface area contributed by atoms with Gasteiger partial charge >= 0.3 is 0 Å². The highest BCUT2D eigenvalue weighted by atomic mass is 32.2. The summed E-state index contributed by atoms with van der Waals surface area (Å²) in [5, 5.41) is 2.87. The second-order valence-corrected chi connectivity index (χ2v) is 9.13. The van der Waals surface area contributed by atoms with Crippen molar-refractivity contribution in [1.82, 2.24) is 4.31 Å². The van der Waals surface area contributed by atoms with E-state index in [1.807, 2.05) is 24.3 Å². The molecule has 0 radical (unpaired) electrons. The molecule has 1 N–H and O–H groups in total. The Hall–Kier alpha value is -1.40. The van der Waals surface area contributed by atoms with Crippen LogP contribution in [-0.4, -0.2) is 38.0 Å². The van der Waals surface area contributed by atoms with Gasteiger partial charge in [0.25, 0.3) is 0 Å². The molecular formula is C18H30N2O3S. The van der Waals surface area contributed by atoms with Gasteiger partial charge in [-0.2, -0.15) is 4.31 Å². The number of carbonyl (C=O) groups excluding carboxylic acids is 1. The lowest BCUT2D eigenvalue weighted by Gasteiger charge is -2.24. The normalized spacial score (nSPS) is 12.4. The molecule has 0 bridgehead atoms. The van der Waals surface area contributed by atoms with Crippen molar-refractivity contribution in [2.45, 2.75) is 52.4 Å². The van der Waals surface area contributed by atoms with Gasteiger partial charge in [0.05, 0.1) is 12.8 Å². The van der Waals surface area contributed by atoms with E-state index in [1.54, 1.807) is 0 Å². The molecule has 0 fully saturated rings. The summed E-state index contributed by atoms with van der Waals surface area (Å²) in [5.41, 5.74) is 1.65. The van der Waals surface area contributed by atoms with Crippen LogP contribution in [0.3, 0.4) is 0 Å². The number of amides is 1. The molecule has 24 heavy (non-hydrogen) atoms. The second kappa shape index (κ2) is 8.62. The number of carbonyl (C=O) groups is 1. The zero-order chi connectivity index (χ0) is 18.4. The molecule has 1 amide bonds. The fourth-order valence-corrected chi connectivity index (χ4v) is 3.31. The van der Waals surface area contributed by atoms with Crippen LogP contribution in [-0.2, 0) is 20.2 Å². The van der Waals surface area contributed by atoms with Gasteiger partial charge in [0.1, 0.15) is 0 Å². The zero-order valence-electron chi connectivity index (χ0n) is 15.4. The summed E-state index contributed by atoms with van der Waals surface area (Å²) in [4.78, 5) is 12.4. The molecule has 5 nitrogen and oxygen atoms in total. The molecule has 0 aliphatic heterocycles. The summed E-state index contributed by atoms with van der Waals surface area (Å²) in [6.07, 6.45) is 3.86. The molecule has 1 aromatic rings. The molecule has 1 rings (SSSR count). The van der Waals surface area contributed by atoms with Crippen molar-refractivity contribution < 1.29 is 13.2 Å². The van der Waals surface area contributed by atoms with Gasteiger partial charge in [-0.3, -0.25) is 4.79 Å². The van der Waals surface area contributed by atoms with E-state index in [4.69, 9.17) is 0 Å². The van der Waals surface area contributed by atoms with Gasteiger partial charge < -0.3 is 5.32 Å². The number of sulfonamides is 1. The summed E-state index contributed by atoms with van der Waals surface area (Å²) >= 11 is 0. The minimum absolute atomic E-state index is 0.110. The highest BCUT2D eigenvalue weighted by Gasteiger charge is 2.22. The molecule has 0 aromatic heterocycles. The van der Waals surface area contributed by atoms with Crippen LogP contribution in [0.25, 0.3) is 0 Å². The van der Waals surface area contributed by atoms with Crippen LogP contribution in [0.5, 0.6) is 0 Å². The number of rotatable bonds is 8. The lowest BCUT2D eigenvalue weighted by atomic mass is 9.86. The van der Waals surface area contributed by atoms with Crippen molar-refractivity contribution in [3.63, 3.8) is 0 Å². The average molecular weight is 355 g/mol. The molecular weight excluding hydrogens is 324 g/mol. The first-order chi connectivity index (χ1) is 11.1. The summed E-state index contributed by atoms with van der Waals surface area (Å²) in [6.45, 7) is 8.51. The Labute approximate surface area is 146 Å². The van der Waals surface area contributed by atoms with Crippen LogP contribution in [0.4, 0.5) is 5.69 Å². The molecule has 0 aliphatic carbocycles. The standard InChI is InChI=1S/C18H30N2O3S/c1-6-7-10-13-20(24(5,22)23)14-17(21)19-16-12-9-8-11-15(16)18(2,3)4/h8-9,11-12H,6-7,10,13-14H2,1-5H3,(H,19,21). The van der Waals surface area contributed by atoms with Crippen molar-refractivity contribution in [1.29, 1.82) is 0 Å². The van der Waals surface area contributed by atoms with Crippen LogP contribution < -0.4 is 5.32 Å². The van der Waals surface area contributed by atoms with Gasteiger partial charge in [-0.25, -0.2) is 8.42 Å². The van der Waals surface area contributed by atoms with E-state index in [-0.39, 0.29) is 17.9 Å². The first kappa shape index (κ1) is 20.6. The Bertz CT molecular complexity index is 648. The Morgan fingerprint density at radius 1 is 1.17 bits per heavy atom. The van der Waals surface area contributed by atoms with Crippen LogP contribution >= 0.6 is 0 Å². The number of nitrogens with one attached hydrogen (secondary N) is 1. The molecule has 6 heteroatoms. The molecule has 136 valence electrons. The highest BCUT2D eigenvalue weighted by molar-refractivity contribution is 7.88. The predicted molar refractivity (Wildman–Crippen MR) is 99.7 cm³/mol. The van der Waals surface area contributed by atoms with Crippen molar-refractivity contribution >= 4 is 21.6 Å². The Morgan fingerprint density at radius 3 is 2.33 bits per heavy atom. The topological polar surface area (TPSA) is 66.5 Å². The van der Waals surface area contributed by atoms with E-state index in [2.05, 4.69) is 33.0 Å². The van der Waals surface area contributed by atoms with E-state index >= 15 is 0 Å². The quantitative estimate of drug-likeness (QED) is 0.728. The Kier molecular flexibility index (Phi) is 7.42. The number of benzene rings is 1. The number of para-hydroxylation sites is 1. The number of nitrogens with zero attached hydrogens (tertiary/aromatic N) is 1.